The molecule has 1 aromatic heterocycles. The number of nitrogens with zero attached hydrogens (tertiary/aromatic N) is 2. The molecule has 0 aliphatic rings. The fourth-order valence-corrected chi connectivity index (χ4v) is 1.74. The number of carbonyl (C=O) groups is 1. The fraction of sp³-hybridized carbons (Fsp3) is 0.667. The number of nitrogens with one attached hydrogen (secondary N) is 1. The van der Waals surface area contributed by atoms with Crippen molar-refractivity contribution in [2.75, 3.05) is 11.9 Å². The highest BCUT2D eigenvalue weighted by atomic mass is 32.1. The first kappa shape index (κ1) is 11.9. The van der Waals surface area contributed by atoms with Crippen LogP contribution in [-0.2, 0) is 4.79 Å². The molecule has 84 valence electrons. The largest absolute Gasteiger partial charge is 0.481 e. The highest BCUT2D eigenvalue weighted by Gasteiger charge is 2.18. The van der Waals surface area contributed by atoms with Crippen molar-refractivity contribution in [1.82, 2.24) is 9.36 Å². The van der Waals surface area contributed by atoms with Crippen LogP contribution in [-0.4, -0.2) is 27.0 Å². The predicted octanol–water partition coefficient (Wildman–Crippen LogP) is 1.70. The van der Waals surface area contributed by atoms with E-state index in [0.29, 0.717) is 24.0 Å². The zero-order valence-corrected chi connectivity index (χ0v) is 9.62. The second kappa shape index (κ2) is 5.65. The van der Waals surface area contributed by atoms with Gasteiger partial charge < -0.3 is 10.4 Å². The van der Waals surface area contributed by atoms with E-state index in [0.717, 1.165) is 0 Å². The lowest BCUT2D eigenvalue weighted by molar-refractivity contribution is -0.141. The molecule has 0 aliphatic carbocycles. The van der Waals surface area contributed by atoms with Crippen molar-refractivity contribution >= 4 is 22.6 Å². The Morgan fingerprint density at radius 3 is 2.87 bits per heavy atom. The van der Waals surface area contributed by atoms with Crippen LogP contribution in [0.15, 0.2) is 6.33 Å². The summed E-state index contributed by atoms with van der Waals surface area (Å²) in [6.45, 7) is 4.44. The molecule has 0 aromatic carbocycles. The summed E-state index contributed by atoms with van der Waals surface area (Å²) in [5.74, 6) is -0.753. The van der Waals surface area contributed by atoms with Gasteiger partial charge in [0.2, 0.25) is 5.13 Å². The maximum Gasteiger partial charge on any atom is 0.308 e. The highest BCUT2D eigenvalue weighted by molar-refractivity contribution is 7.09. The minimum absolute atomic E-state index is 0.367. The van der Waals surface area contributed by atoms with E-state index in [2.05, 4.69) is 14.7 Å². The summed E-state index contributed by atoms with van der Waals surface area (Å²) >= 11 is 1.23. The molecule has 0 saturated heterocycles. The van der Waals surface area contributed by atoms with Crippen molar-refractivity contribution in [3.63, 3.8) is 0 Å². The molecule has 5 nitrogen and oxygen atoms in total. The van der Waals surface area contributed by atoms with Crippen LogP contribution in [0.2, 0.25) is 0 Å². The average molecular weight is 229 g/mol. The van der Waals surface area contributed by atoms with Gasteiger partial charge in [0.05, 0.1) is 5.92 Å². The first-order valence-electron chi connectivity index (χ1n) is 4.83. The van der Waals surface area contributed by atoms with Crippen molar-refractivity contribution in [2.24, 2.45) is 11.8 Å². The second-order valence-corrected chi connectivity index (χ2v) is 4.57. The van der Waals surface area contributed by atoms with Gasteiger partial charge >= 0.3 is 5.97 Å². The van der Waals surface area contributed by atoms with Gasteiger partial charge in [-0.1, -0.05) is 13.8 Å². The molecule has 0 fully saturated rings. The third-order valence-corrected chi connectivity index (χ3v) is 2.59. The molecule has 1 heterocycles. The molecule has 1 rings (SSSR count). The molecule has 0 aliphatic heterocycles. The molecule has 1 aromatic rings. The summed E-state index contributed by atoms with van der Waals surface area (Å²) in [6.07, 6.45) is 2.12. The second-order valence-electron chi connectivity index (χ2n) is 3.79. The van der Waals surface area contributed by atoms with Crippen molar-refractivity contribution < 1.29 is 9.90 Å². The Balaban J connectivity index is 2.41. The Kier molecular flexibility index (Phi) is 4.48. The minimum Gasteiger partial charge on any atom is -0.481 e. The highest BCUT2D eigenvalue weighted by Crippen LogP contribution is 2.14. The van der Waals surface area contributed by atoms with E-state index in [-0.39, 0.29) is 5.92 Å². The molecule has 0 radical (unpaired) electrons. The van der Waals surface area contributed by atoms with E-state index < -0.39 is 5.97 Å². The SMILES string of the molecule is CC(C)CC(CNc1ncns1)C(=O)O. The number of anilines is 1. The molecular formula is C9H15N3O2S. The molecule has 0 saturated carbocycles. The number of hydrogen-bond acceptors (Lipinski definition) is 5. The molecule has 0 amide bonds. The minimum atomic E-state index is -0.763. The van der Waals surface area contributed by atoms with Crippen LogP contribution in [0.5, 0.6) is 0 Å². The Morgan fingerprint density at radius 1 is 1.67 bits per heavy atom. The number of carboxylic acids is 1. The van der Waals surface area contributed by atoms with Crippen molar-refractivity contribution in [1.29, 1.82) is 0 Å². The van der Waals surface area contributed by atoms with Gasteiger partial charge in [-0.2, -0.15) is 4.37 Å². The smallest absolute Gasteiger partial charge is 0.308 e. The van der Waals surface area contributed by atoms with Gasteiger partial charge in [-0.3, -0.25) is 4.79 Å². The lowest BCUT2D eigenvalue weighted by Crippen LogP contribution is -2.24. The molecular weight excluding hydrogens is 214 g/mol. The van der Waals surface area contributed by atoms with Crippen molar-refractivity contribution in [2.45, 2.75) is 20.3 Å². The predicted molar refractivity (Wildman–Crippen MR) is 59.0 cm³/mol. The Bertz CT molecular complexity index is 300. The summed E-state index contributed by atoms with van der Waals surface area (Å²) in [7, 11) is 0. The monoisotopic (exact) mass is 229 g/mol. The molecule has 6 heteroatoms. The van der Waals surface area contributed by atoms with Gasteiger partial charge in [0.15, 0.2) is 0 Å². The average Bonchev–Trinajstić information content (AvgIpc) is 2.63. The Hall–Kier alpha value is -1.17. The quantitative estimate of drug-likeness (QED) is 0.776. The third kappa shape index (κ3) is 4.24. The lowest BCUT2D eigenvalue weighted by Gasteiger charge is -2.14. The fourth-order valence-electron chi connectivity index (χ4n) is 1.30. The Labute approximate surface area is 92.7 Å². The summed E-state index contributed by atoms with van der Waals surface area (Å²) in [5.41, 5.74) is 0. The van der Waals surface area contributed by atoms with Crippen molar-refractivity contribution in [3.05, 3.63) is 6.33 Å². The zero-order chi connectivity index (χ0) is 11.3. The summed E-state index contributed by atoms with van der Waals surface area (Å²) < 4.78 is 3.83. The first-order valence-corrected chi connectivity index (χ1v) is 5.60. The van der Waals surface area contributed by atoms with Crippen LogP contribution in [0.1, 0.15) is 20.3 Å². The number of aliphatic carboxylic acids is 1. The van der Waals surface area contributed by atoms with Crippen LogP contribution in [0.25, 0.3) is 0 Å². The summed E-state index contributed by atoms with van der Waals surface area (Å²) in [5, 5.41) is 12.6. The van der Waals surface area contributed by atoms with Crippen LogP contribution < -0.4 is 5.32 Å². The van der Waals surface area contributed by atoms with E-state index in [1.54, 1.807) is 0 Å². The number of carboxylic acid groups (broad SMARTS) is 1. The van der Waals surface area contributed by atoms with Crippen molar-refractivity contribution in [3.8, 4) is 0 Å². The number of aromatic nitrogens is 2. The van der Waals surface area contributed by atoms with Gasteiger partial charge in [0, 0.05) is 18.1 Å². The van der Waals surface area contributed by atoms with Gasteiger partial charge in [-0.15, -0.1) is 0 Å². The van der Waals surface area contributed by atoms with Crippen LogP contribution in [0.4, 0.5) is 5.13 Å². The summed E-state index contributed by atoms with van der Waals surface area (Å²) in [4.78, 5) is 14.9. The van der Waals surface area contributed by atoms with Crippen LogP contribution >= 0.6 is 11.5 Å². The molecule has 0 bridgehead atoms. The number of hydrogen-bond donors (Lipinski definition) is 2. The van der Waals surface area contributed by atoms with E-state index >= 15 is 0 Å². The van der Waals surface area contributed by atoms with E-state index in [1.807, 2.05) is 13.8 Å². The molecule has 2 N–H and O–H groups in total. The molecule has 0 spiro atoms. The standard InChI is InChI=1S/C9H15N3O2S/c1-6(2)3-7(8(13)14)4-10-9-11-5-12-15-9/h5-7H,3-4H2,1-2H3,(H,13,14)(H,10,11,12). The zero-order valence-electron chi connectivity index (χ0n) is 8.80. The van der Waals surface area contributed by atoms with Gasteiger partial charge in [-0.05, 0) is 12.3 Å². The molecule has 1 unspecified atom stereocenters. The van der Waals surface area contributed by atoms with E-state index in [9.17, 15) is 4.79 Å². The van der Waals surface area contributed by atoms with Crippen LogP contribution in [0.3, 0.4) is 0 Å². The Morgan fingerprint density at radius 2 is 2.40 bits per heavy atom. The molecule has 1 atom stereocenters. The van der Waals surface area contributed by atoms with E-state index in [1.165, 1.54) is 17.9 Å². The maximum atomic E-state index is 10.9. The van der Waals surface area contributed by atoms with Gasteiger partial charge in [0.1, 0.15) is 6.33 Å². The maximum absolute atomic E-state index is 10.9. The topological polar surface area (TPSA) is 75.1 Å². The molecule has 15 heavy (non-hydrogen) atoms. The normalized spacial score (nSPS) is 12.7. The number of rotatable bonds is 6. The van der Waals surface area contributed by atoms with Crippen LogP contribution in [0, 0.1) is 11.8 Å². The van der Waals surface area contributed by atoms with Gasteiger partial charge in [0.25, 0.3) is 0 Å². The van der Waals surface area contributed by atoms with E-state index in [4.69, 9.17) is 5.11 Å². The van der Waals surface area contributed by atoms with Gasteiger partial charge in [-0.25, -0.2) is 4.98 Å². The first-order chi connectivity index (χ1) is 7.09. The third-order valence-electron chi connectivity index (χ3n) is 1.97. The summed E-state index contributed by atoms with van der Waals surface area (Å²) in [6, 6.07) is 0. The lowest BCUT2D eigenvalue weighted by atomic mass is 9.97.